The number of thioether (sulfide) groups is 1. The number of fused-ring (bicyclic) bond motifs is 1. The van der Waals surface area contributed by atoms with E-state index in [0.717, 1.165) is 17.4 Å². The topological polar surface area (TPSA) is 83.9 Å². The van der Waals surface area contributed by atoms with Gasteiger partial charge in [-0.2, -0.15) is 5.10 Å². The number of benzene rings is 2. The van der Waals surface area contributed by atoms with Crippen molar-refractivity contribution in [1.29, 1.82) is 0 Å². The first-order valence-corrected chi connectivity index (χ1v) is 11.2. The maximum atomic E-state index is 13.2. The van der Waals surface area contributed by atoms with Gasteiger partial charge in [-0.05, 0) is 30.3 Å². The van der Waals surface area contributed by atoms with E-state index in [0.29, 0.717) is 33.4 Å². The molecule has 0 atom stereocenters. The Morgan fingerprint density at radius 3 is 2.72 bits per heavy atom. The van der Waals surface area contributed by atoms with Gasteiger partial charge in [-0.25, -0.2) is 4.98 Å². The van der Waals surface area contributed by atoms with Gasteiger partial charge in [-0.1, -0.05) is 59.2 Å². The van der Waals surface area contributed by atoms with Crippen molar-refractivity contribution in [2.24, 2.45) is 0 Å². The van der Waals surface area contributed by atoms with Crippen LogP contribution in [0.4, 0.5) is 5.69 Å². The number of H-pyrrole nitrogens is 1. The summed E-state index contributed by atoms with van der Waals surface area (Å²) in [5.74, 6) is -0.117. The minimum absolute atomic E-state index is 0.0417. The van der Waals surface area contributed by atoms with Crippen LogP contribution in [0, 0.1) is 0 Å². The fraction of sp³-hybridized carbons (Fsp3) is 0.0909. The zero-order valence-electron chi connectivity index (χ0n) is 16.7. The molecule has 4 aromatic rings. The lowest BCUT2D eigenvalue weighted by Crippen LogP contribution is -2.32. The van der Waals surface area contributed by atoms with Crippen LogP contribution in [-0.4, -0.2) is 38.0 Å². The summed E-state index contributed by atoms with van der Waals surface area (Å²) in [4.78, 5) is 32.4. The third-order valence-electron chi connectivity index (χ3n) is 4.61. The Morgan fingerprint density at radius 2 is 2.00 bits per heavy atom. The molecule has 0 saturated carbocycles. The Hall–Kier alpha value is -3.07. The summed E-state index contributed by atoms with van der Waals surface area (Å²) in [5, 5.41) is 7.96. The average Bonchev–Trinajstić information content (AvgIpc) is 3.26. The normalized spacial score (nSPS) is 10.9. The van der Waals surface area contributed by atoms with Crippen molar-refractivity contribution in [3.63, 3.8) is 0 Å². The SMILES string of the molecule is C=CCN(C(=O)CSc1nc2[nH]ncc2c(=O)n1-c1ccc(Cl)cc1Cl)c1ccccc1. The first kappa shape index (κ1) is 22.1. The number of hydrogen-bond donors (Lipinski definition) is 1. The fourth-order valence-electron chi connectivity index (χ4n) is 3.14. The van der Waals surface area contributed by atoms with E-state index in [2.05, 4.69) is 21.8 Å². The molecule has 0 radical (unpaired) electrons. The van der Waals surface area contributed by atoms with Crippen LogP contribution in [0.3, 0.4) is 0 Å². The van der Waals surface area contributed by atoms with Crippen molar-refractivity contribution < 1.29 is 4.79 Å². The highest BCUT2D eigenvalue weighted by atomic mass is 35.5. The molecular formula is C22H17Cl2N5O2S. The first-order chi connectivity index (χ1) is 15.5. The highest BCUT2D eigenvalue weighted by molar-refractivity contribution is 7.99. The summed E-state index contributed by atoms with van der Waals surface area (Å²) >= 11 is 13.5. The summed E-state index contributed by atoms with van der Waals surface area (Å²) < 4.78 is 1.37. The zero-order valence-corrected chi connectivity index (χ0v) is 19.0. The zero-order chi connectivity index (χ0) is 22.7. The quantitative estimate of drug-likeness (QED) is 0.232. The van der Waals surface area contributed by atoms with E-state index in [-0.39, 0.29) is 22.2 Å². The second-order valence-electron chi connectivity index (χ2n) is 6.68. The molecule has 0 aliphatic carbocycles. The smallest absolute Gasteiger partial charge is 0.269 e. The summed E-state index contributed by atoms with van der Waals surface area (Å²) in [6, 6.07) is 14.1. The number of amides is 1. The predicted octanol–water partition coefficient (Wildman–Crippen LogP) is 4.73. The molecule has 2 aromatic heterocycles. The molecule has 10 heteroatoms. The van der Waals surface area contributed by atoms with Crippen LogP contribution >= 0.6 is 35.0 Å². The summed E-state index contributed by atoms with van der Waals surface area (Å²) in [6.07, 6.45) is 3.07. The molecular weight excluding hydrogens is 469 g/mol. The van der Waals surface area contributed by atoms with Gasteiger partial charge >= 0.3 is 0 Å². The number of nitrogens with zero attached hydrogens (tertiary/aromatic N) is 4. The fourth-order valence-corrected chi connectivity index (χ4v) is 4.51. The van der Waals surface area contributed by atoms with Crippen LogP contribution in [0.2, 0.25) is 10.0 Å². The van der Waals surface area contributed by atoms with Crippen LogP contribution in [0.15, 0.2) is 77.3 Å². The number of para-hydroxylation sites is 1. The van der Waals surface area contributed by atoms with Crippen molar-refractivity contribution in [1.82, 2.24) is 19.7 Å². The highest BCUT2D eigenvalue weighted by Gasteiger charge is 2.20. The van der Waals surface area contributed by atoms with Crippen LogP contribution in [0.1, 0.15) is 0 Å². The number of carbonyl (C=O) groups excluding carboxylic acids is 1. The standard InChI is InChI=1S/C22H17Cl2N5O2S/c1-2-10-28(15-6-4-3-5-7-15)19(30)13-32-22-26-20-16(12-25-27-20)21(31)29(22)18-9-8-14(23)11-17(18)24/h2-9,11-12H,1,10,13H2,(H,25,27). The molecule has 2 aromatic carbocycles. The van der Waals surface area contributed by atoms with Crippen molar-refractivity contribution in [2.45, 2.75) is 5.16 Å². The van der Waals surface area contributed by atoms with Gasteiger partial charge in [-0.3, -0.25) is 19.3 Å². The second kappa shape index (κ2) is 9.60. The average molecular weight is 486 g/mol. The Morgan fingerprint density at radius 1 is 1.22 bits per heavy atom. The monoisotopic (exact) mass is 485 g/mol. The number of hydrogen-bond acceptors (Lipinski definition) is 5. The van der Waals surface area contributed by atoms with Gasteiger partial charge in [0.15, 0.2) is 10.8 Å². The van der Waals surface area contributed by atoms with Crippen LogP contribution in [0.5, 0.6) is 0 Å². The number of halogens is 2. The first-order valence-electron chi connectivity index (χ1n) is 9.50. The molecule has 0 spiro atoms. The third kappa shape index (κ3) is 4.43. The third-order valence-corrected chi connectivity index (χ3v) is 6.07. The summed E-state index contributed by atoms with van der Waals surface area (Å²) in [6.45, 7) is 4.10. The Kier molecular flexibility index (Phi) is 6.64. The molecule has 1 amide bonds. The molecule has 2 heterocycles. The summed E-state index contributed by atoms with van der Waals surface area (Å²) in [7, 11) is 0. The lowest BCUT2D eigenvalue weighted by Gasteiger charge is -2.21. The number of carbonyl (C=O) groups is 1. The predicted molar refractivity (Wildman–Crippen MR) is 129 cm³/mol. The number of aromatic amines is 1. The van der Waals surface area contributed by atoms with Crippen molar-refractivity contribution in [2.75, 3.05) is 17.2 Å². The van der Waals surface area contributed by atoms with Gasteiger partial charge < -0.3 is 4.90 Å². The molecule has 0 aliphatic rings. The molecule has 32 heavy (non-hydrogen) atoms. The molecule has 0 saturated heterocycles. The van der Waals surface area contributed by atoms with Gasteiger partial charge in [0.2, 0.25) is 5.91 Å². The van der Waals surface area contributed by atoms with Gasteiger partial charge in [0.25, 0.3) is 5.56 Å². The Labute approximate surface area is 197 Å². The maximum absolute atomic E-state index is 13.2. The summed E-state index contributed by atoms with van der Waals surface area (Å²) in [5.41, 5.74) is 1.15. The lowest BCUT2D eigenvalue weighted by atomic mass is 10.3. The van der Waals surface area contributed by atoms with E-state index < -0.39 is 0 Å². The number of nitrogens with one attached hydrogen (secondary N) is 1. The number of rotatable bonds is 7. The Bertz CT molecular complexity index is 1350. The van der Waals surface area contributed by atoms with Crippen LogP contribution in [-0.2, 0) is 4.79 Å². The minimum Gasteiger partial charge on any atom is -0.308 e. The molecule has 4 rings (SSSR count). The van der Waals surface area contributed by atoms with Gasteiger partial charge in [0.1, 0.15) is 5.39 Å². The number of anilines is 1. The van der Waals surface area contributed by atoms with E-state index >= 15 is 0 Å². The highest BCUT2D eigenvalue weighted by Crippen LogP contribution is 2.28. The molecule has 162 valence electrons. The van der Waals surface area contributed by atoms with E-state index in [9.17, 15) is 9.59 Å². The molecule has 1 N–H and O–H groups in total. The van der Waals surface area contributed by atoms with Crippen LogP contribution in [0.25, 0.3) is 16.7 Å². The van der Waals surface area contributed by atoms with E-state index in [1.54, 1.807) is 29.2 Å². The van der Waals surface area contributed by atoms with Crippen molar-refractivity contribution in [3.8, 4) is 5.69 Å². The van der Waals surface area contributed by atoms with Gasteiger partial charge in [0, 0.05) is 17.3 Å². The minimum atomic E-state index is -0.353. The lowest BCUT2D eigenvalue weighted by molar-refractivity contribution is -0.116. The maximum Gasteiger partial charge on any atom is 0.269 e. The molecule has 0 unspecified atom stereocenters. The molecule has 0 bridgehead atoms. The van der Waals surface area contributed by atoms with Crippen LogP contribution < -0.4 is 10.5 Å². The Balaban J connectivity index is 1.72. The molecule has 0 fully saturated rings. The van der Waals surface area contributed by atoms with Gasteiger partial charge in [-0.15, -0.1) is 6.58 Å². The largest absolute Gasteiger partial charge is 0.308 e. The van der Waals surface area contributed by atoms with Gasteiger partial charge in [0.05, 0.1) is 22.7 Å². The number of aromatic nitrogens is 4. The van der Waals surface area contributed by atoms with Crippen molar-refractivity contribution in [3.05, 3.63) is 87.8 Å². The van der Waals surface area contributed by atoms with E-state index in [1.165, 1.54) is 10.8 Å². The van der Waals surface area contributed by atoms with E-state index in [4.69, 9.17) is 23.2 Å². The molecule has 0 aliphatic heterocycles. The molecule has 7 nitrogen and oxygen atoms in total. The van der Waals surface area contributed by atoms with E-state index in [1.807, 2.05) is 30.3 Å². The second-order valence-corrected chi connectivity index (χ2v) is 8.47. The van der Waals surface area contributed by atoms with Crippen molar-refractivity contribution >= 4 is 57.6 Å².